The Balaban J connectivity index is 3.45. The lowest BCUT2D eigenvalue weighted by molar-refractivity contribution is 0.416. The summed E-state index contributed by atoms with van der Waals surface area (Å²) < 4.78 is 0. The van der Waals surface area contributed by atoms with Crippen LogP contribution >= 0.6 is 0 Å². The van der Waals surface area contributed by atoms with Crippen molar-refractivity contribution in [2.24, 2.45) is 0 Å². The van der Waals surface area contributed by atoms with E-state index in [1.165, 1.54) is 0 Å². The van der Waals surface area contributed by atoms with Gasteiger partial charge < -0.3 is 5.11 Å². The highest BCUT2D eigenvalue weighted by Crippen LogP contribution is 1.90. The Hall–Kier alpha value is -0.110. The number of hydrogen-bond acceptors (Lipinski definition) is 1. The maximum absolute atomic E-state index is 8.59. The van der Waals surface area contributed by atoms with E-state index in [9.17, 15) is 0 Å². The first-order valence-electron chi connectivity index (χ1n) is 2.06. The van der Waals surface area contributed by atoms with Gasteiger partial charge in [-0.05, 0) is 6.92 Å². The molecular formula is C5H11OS+. The minimum absolute atomic E-state index is 0.242. The summed E-state index contributed by atoms with van der Waals surface area (Å²) in [6, 6.07) is 0. The molecule has 0 radical (unpaired) electrons. The van der Waals surface area contributed by atoms with Gasteiger partial charge in [0.15, 0.2) is 5.41 Å². The number of allylic oxidation sites excluding steroid dienone is 1. The van der Waals surface area contributed by atoms with Gasteiger partial charge >= 0.3 is 0 Å². The van der Waals surface area contributed by atoms with E-state index in [0.717, 1.165) is 0 Å². The van der Waals surface area contributed by atoms with E-state index < -0.39 is 0 Å². The molecule has 0 spiro atoms. The van der Waals surface area contributed by atoms with Crippen LogP contribution in [-0.2, 0) is 10.9 Å². The van der Waals surface area contributed by atoms with Gasteiger partial charge in [0.2, 0.25) is 0 Å². The van der Waals surface area contributed by atoms with Gasteiger partial charge in [-0.3, -0.25) is 0 Å². The SMILES string of the molecule is CC(O)=C[S+](C)C. The summed E-state index contributed by atoms with van der Waals surface area (Å²) in [6.07, 6.45) is 4.11. The van der Waals surface area contributed by atoms with Crippen LogP contribution in [0.2, 0.25) is 0 Å². The Bertz CT molecular complexity index is 72.1. The molecule has 0 aliphatic carbocycles. The fraction of sp³-hybridized carbons (Fsp3) is 0.600. The molecule has 0 bridgehead atoms. The zero-order valence-electron chi connectivity index (χ0n) is 4.93. The molecule has 0 saturated heterocycles. The van der Waals surface area contributed by atoms with E-state index in [2.05, 4.69) is 12.5 Å². The molecule has 0 amide bonds. The molecule has 0 saturated carbocycles. The zero-order valence-corrected chi connectivity index (χ0v) is 5.75. The lowest BCUT2D eigenvalue weighted by Gasteiger charge is -1.83. The third-order valence-corrected chi connectivity index (χ3v) is 1.22. The van der Waals surface area contributed by atoms with Gasteiger partial charge in [-0.2, -0.15) is 0 Å². The van der Waals surface area contributed by atoms with Gasteiger partial charge in [0.1, 0.15) is 18.3 Å². The van der Waals surface area contributed by atoms with Crippen LogP contribution in [0.15, 0.2) is 11.2 Å². The first kappa shape index (κ1) is 6.89. The van der Waals surface area contributed by atoms with Crippen LogP contribution in [0.25, 0.3) is 0 Å². The van der Waals surface area contributed by atoms with Gasteiger partial charge in [0, 0.05) is 10.9 Å². The molecule has 0 atom stereocenters. The number of rotatable bonds is 1. The van der Waals surface area contributed by atoms with Crippen molar-refractivity contribution >= 4 is 10.9 Å². The molecule has 0 aliphatic heterocycles. The van der Waals surface area contributed by atoms with E-state index >= 15 is 0 Å². The van der Waals surface area contributed by atoms with Crippen molar-refractivity contribution in [2.75, 3.05) is 12.5 Å². The number of hydrogen-bond donors (Lipinski definition) is 1. The second-order valence-corrected chi connectivity index (χ2v) is 3.63. The average Bonchev–Trinajstić information content (AvgIpc) is 1.27. The van der Waals surface area contributed by atoms with Crippen LogP contribution in [0.5, 0.6) is 0 Å². The van der Waals surface area contributed by atoms with Crippen LogP contribution in [0, 0.1) is 0 Å². The Morgan fingerprint density at radius 1 is 1.57 bits per heavy atom. The summed E-state index contributed by atoms with van der Waals surface area (Å²) in [5.74, 6) is 0.424. The van der Waals surface area contributed by atoms with Gasteiger partial charge in [-0.1, -0.05) is 0 Å². The summed E-state index contributed by atoms with van der Waals surface area (Å²) in [5, 5.41) is 10.4. The molecule has 0 aliphatic rings. The molecule has 0 aromatic heterocycles. The Morgan fingerprint density at radius 3 is 2.00 bits per heavy atom. The fourth-order valence-corrected chi connectivity index (χ4v) is 1.02. The van der Waals surface area contributed by atoms with Crippen molar-refractivity contribution in [3.8, 4) is 0 Å². The van der Waals surface area contributed by atoms with Gasteiger partial charge in [-0.25, -0.2) is 0 Å². The quantitative estimate of drug-likeness (QED) is 0.407. The standard InChI is InChI=1S/C5H10OS/c1-5(6)4-7(2)3/h4H,1-3H3/p+1. The van der Waals surface area contributed by atoms with Crippen molar-refractivity contribution in [1.29, 1.82) is 0 Å². The van der Waals surface area contributed by atoms with Crippen molar-refractivity contribution in [3.05, 3.63) is 11.2 Å². The predicted octanol–water partition coefficient (Wildman–Crippen LogP) is 1.28. The van der Waals surface area contributed by atoms with Crippen molar-refractivity contribution < 1.29 is 5.11 Å². The molecule has 0 aromatic carbocycles. The smallest absolute Gasteiger partial charge is 0.155 e. The van der Waals surface area contributed by atoms with Crippen LogP contribution in [0.3, 0.4) is 0 Å². The summed E-state index contributed by atoms with van der Waals surface area (Å²) >= 11 is 0. The maximum Gasteiger partial charge on any atom is 0.155 e. The normalized spacial score (nSPS) is 12.9. The van der Waals surface area contributed by atoms with E-state index in [4.69, 9.17) is 5.11 Å². The highest BCUT2D eigenvalue weighted by molar-refractivity contribution is 7.98. The molecule has 1 nitrogen and oxygen atoms in total. The first-order chi connectivity index (χ1) is 3.13. The maximum atomic E-state index is 8.59. The van der Waals surface area contributed by atoms with Crippen LogP contribution in [0.4, 0.5) is 0 Å². The molecule has 2 heteroatoms. The molecule has 7 heavy (non-hydrogen) atoms. The largest absolute Gasteiger partial charge is 0.508 e. The summed E-state index contributed by atoms with van der Waals surface area (Å²) in [6.45, 7) is 1.69. The third-order valence-electron chi connectivity index (χ3n) is 0.406. The van der Waals surface area contributed by atoms with Crippen molar-refractivity contribution in [2.45, 2.75) is 6.92 Å². The fourth-order valence-electron chi connectivity index (χ4n) is 0.341. The highest BCUT2D eigenvalue weighted by atomic mass is 32.2. The second-order valence-electron chi connectivity index (χ2n) is 1.64. The predicted molar refractivity (Wildman–Crippen MR) is 35.6 cm³/mol. The molecular weight excluding hydrogens is 108 g/mol. The molecule has 0 fully saturated rings. The van der Waals surface area contributed by atoms with E-state index in [0.29, 0.717) is 5.76 Å². The Labute approximate surface area is 47.4 Å². The van der Waals surface area contributed by atoms with Crippen molar-refractivity contribution in [1.82, 2.24) is 0 Å². The lowest BCUT2D eigenvalue weighted by atomic mass is 10.7. The minimum Gasteiger partial charge on any atom is -0.508 e. The first-order valence-corrected chi connectivity index (χ1v) is 4.17. The van der Waals surface area contributed by atoms with Crippen LogP contribution in [-0.4, -0.2) is 17.6 Å². The third kappa shape index (κ3) is 5.89. The van der Waals surface area contributed by atoms with E-state index in [1.54, 1.807) is 6.92 Å². The van der Waals surface area contributed by atoms with Gasteiger partial charge in [0.05, 0.1) is 0 Å². The molecule has 0 rings (SSSR count). The van der Waals surface area contributed by atoms with Gasteiger partial charge in [-0.15, -0.1) is 0 Å². The molecule has 0 unspecified atom stereocenters. The summed E-state index contributed by atoms with van der Waals surface area (Å²) in [5.41, 5.74) is 0. The zero-order chi connectivity index (χ0) is 5.86. The van der Waals surface area contributed by atoms with Crippen LogP contribution in [0.1, 0.15) is 6.92 Å². The van der Waals surface area contributed by atoms with Gasteiger partial charge in [0.25, 0.3) is 0 Å². The summed E-state index contributed by atoms with van der Waals surface area (Å²) in [7, 11) is 0.242. The molecule has 0 heterocycles. The number of aliphatic hydroxyl groups excluding tert-OH is 1. The Kier molecular flexibility index (Phi) is 2.92. The minimum atomic E-state index is 0.242. The molecule has 0 aromatic rings. The van der Waals surface area contributed by atoms with E-state index in [-0.39, 0.29) is 10.9 Å². The molecule has 1 N–H and O–H groups in total. The second kappa shape index (κ2) is 2.97. The topological polar surface area (TPSA) is 20.2 Å². The lowest BCUT2D eigenvalue weighted by Crippen LogP contribution is -1.87. The summed E-state index contributed by atoms with van der Waals surface area (Å²) in [4.78, 5) is 0. The highest BCUT2D eigenvalue weighted by Gasteiger charge is 1.94. The monoisotopic (exact) mass is 119 g/mol. The number of aliphatic hydroxyl groups is 1. The molecule has 42 valence electrons. The average molecular weight is 119 g/mol. The van der Waals surface area contributed by atoms with E-state index in [1.807, 2.05) is 5.41 Å². The van der Waals surface area contributed by atoms with Crippen LogP contribution < -0.4 is 0 Å². The Morgan fingerprint density at radius 2 is 2.00 bits per heavy atom. The van der Waals surface area contributed by atoms with Crippen molar-refractivity contribution in [3.63, 3.8) is 0 Å².